The van der Waals surface area contributed by atoms with Gasteiger partial charge < -0.3 is 20.0 Å². The molecule has 0 unspecified atom stereocenters. The summed E-state index contributed by atoms with van der Waals surface area (Å²) in [5, 5.41) is 2.62. The number of ether oxygens (including phenoxy) is 1. The van der Waals surface area contributed by atoms with E-state index in [2.05, 4.69) is 15.3 Å². The van der Waals surface area contributed by atoms with Crippen molar-refractivity contribution in [2.45, 2.75) is 13.3 Å². The zero-order chi connectivity index (χ0) is 15.0. The van der Waals surface area contributed by atoms with Gasteiger partial charge in [0.05, 0.1) is 17.0 Å². The van der Waals surface area contributed by atoms with Crippen LogP contribution >= 0.6 is 0 Å². The first kappa shape index (κ1) is 13.4. The van der Waals surface area contributed by atoms with Gasteiger partial charge in [0.15, 0.2) is 6.61 Å². The largest absolute Gasteiger partial charge is 0.455 e. The highest BCUT2D eigenvalue weighted by molar-refractivity contribution is 5.94. The maximum Gasteiger partial charge on any atom is 0.323 e. The fourth-order valence-corrected chi connectivity index (χ4v) is 2.20. The fraction of sp³-hybridized carbons (Fsp3) is 0.357. The summed E-state index contributed by atoms with van der Waals surface area (Å²) in [6.45, 7) is 1.67. The van der Waals surface area contributed by atoms with Gasteiger partial charge >= 0.3 is 11.7 Å². The van der Waals surface area contributed by atoms with E-state index in [1.54, 1.807) is 18.2 Å². The predicted octanol–water partition coefficient (Wildman–Crippen LogP) is 0.994. The van der Waals surface area contributed by atoms with E-state index in [9.17, 15) is 14.4 Å². The molecule has 0 bridgehead atoms. The summed E-state index contributed by atoms with van der Waals surface area (Å²) in [6.07, 6.45) is 0.831. The van der Waals surface area contributed by atoms with Crippen LogP contribution in [0.1, 0.15) is 13.3 Å². The average Bonchev–Trinajstić information content (AvgIpc) is 3.04. The van der Waals surface area contributed by atoms with Crippen LogP contribution in [0, 0.1) is 11.8 Å². The molecule has 0 spiro atoms. The Bertz CT molecular complexity index is 761. The Morgan fingerprint density at radius 2 is 2.05 bits per heavy atom. The zero-order valence-electron chi connectivity index (χ0n) is 11.4. The topological polar surface area (TPSA) is 104 Å². The highest BCUT2D eigenvalue weighted by Crippen LogP contribution is 2.38. The van der Waals surface area contributed by atoms with Crippen molar-refractivity contribution in [2.24, 2.45) is 11.8 Å². The molecule has 3 rings (SSSR count). The van der Waals surface area contributed by atoms with Crippen molar-refractivity contribution in [3.05, 3.63) is 28.7 Å². The minimum atomic E-state index is -0.408. The molecule has 0 radical (unpaired) electrons. The first-order chi connectivity index (χ1) is 10.0. The average molecular weight is 289 g/mol. The summed E-state index contributed by atoms with van der Waals surface area (Å²) in [5.74, 6) is -0.426. The smallest absolute Gasteiger partial charge is 0.323 e. The SMILES string of the molecule is C[C@@H]1C[C@H]1C(=O)OCC(=O)Nc1ccc2[nH]c(=O)[nH]c2c1. The molecule has 3 N–H and O–H groups in total. The van der Waals surface area contributed by atoms with Crippen LogP contribution in [0.3, 0.4) is 0 Å². The maximum atomic E-state index is 11.7. The molecule has 1 aromatic heterocycles. The molecule has 2 aromatic rings. The molecule has 2 atom stereocenters. The number of esters is 1. The number of aromatic nitrogens is 2. The minimum absolute atomic E-state index is 0.0564. The van der Waals surface area contributed by atoms with E-state index in [4.69, 9.17) is 4.74 Å². The lowest BCUT2D eigenvalue weighted by atomic mass is 10.3. The highest BCUT2D eigenvalue weighted by atomic mass is 16.5. The lowest BCUT2D eigenvalue weighted by Gasteiger charge is -2.06. The lowest BCUT2D eigenvalue weighted by molar-refractivity contribution is -0.148. The number of amides is 1. The van der Waals surface area contributed by atoms with Crippen molar-refractivity contribution in [3.63, 3.8) is 0 Å². The van der Waals surface area contributed by atoms with Gasteiger partial charge in [-0.25, -0.2) is 4.79 Å². The number of aromatic amines is 2. The third-order valence-corrected chi connectivity index (χ3v) is 3.56. The number of rotatable bonds is 4. The number of hydrogen-bond donors (Lipinski definition) is 3. The monoisotopic (exact) mass is 289 g/mol. The second kappa shape index (κ2) is 5.08. The van der Waals surface area contributed by atoms with Crippen LogP contribution in [-0.2, 0) is 14.3 Å². The normalized spacial score (nSPS) is 20.2. The standard InChI is InChI=1S/C14H15N3O4/c1-7-4-9(7)13(19)21-6-12(18)15-8-2-3-10-11(5-8)17-14(20)16-10/h2-3,5,7,9H,4,6H2,1H3,(H,15,18)(H2,16,17,20)/t7-,9-/m1/s1. The third-order valence-electron chi connectivity index (χ3n) is 3.56. The van der Waals surface area contributed by atoms with Crippen LogP contribution in [-0.4, -0.2) is 28.5 Å². The van der Waals surface area contributed by atoms with Crippen molar-refractivity contribution in [2.75, 3.05) is 11.9 Å². The van der Waals surface area contributed by atoms with Crippen molar-refractivity contribution >= 4 is 28.6 Å². The quantitative estimate of drug-likeness (QED) is 0.730. The van der Waals surface area contributed by atoms with Crippen LogP contribution in [0.4, 0.5) is 5.69 Å². The maximum absolute atomic E-state index is 11.7. The molecule has 21 heavy (non-hydrogen) atoms. The van der Waals surface area contributed by atoms with E-state index in [0.29, 0.717) is 22.6 Å². The van der Waals surface area contributed by atoms with E-state index >= 15 is 0 Å². The second-order valence-corrected chi connectivity index (χ2v) is 5.31. The molecular formula is C14H15N3O4. The summed E-state index contributed by atoms with van der Waals surface area (Å²) < 4.78 is 4.95. The summed E-state index contributed by atoms with van der Waals surface area (Å²) in [6, 6.07) is 4.98. The Balaban J connectivity index is 1.58. The van der Waals surface area contributed by atoms with Crippen molar-refractivity contribution in [1.82, 2.24) is 9.97 Å². The molecule has 0 aliphatic heterocycles. The Hall–Kier alpha value is -2.57. The Morgan fingerprint density at radius 1 is 1.33 bits per heavy atom. The van der Waals surface area contributed by atoms with E-state index in [-0.39, 0.29) is 24.2 Å². The Morgan fingerprint density at radius 3 is 2.76 bits per heavy atom. The molecule has 1 saturated carbocycles. The van der Waals surface area contributed by atoms with Gasteiger partial charge in [0.25, 0.3) is 5.91 Å². The van der Waals surface area contributed by atoms with Gasteiger partial charge in [0, 0.05) is 5.69 Å². The molecule has 1 fully saturated rings. The number of benzene rings is 1. The van der Waals surface area contributed by atoms with Crippen LogP contribution in [0.2, 0.25) is 0 Å². The van der Waals surface area contributed by atoms with Crippen molar-refractivity contribution in [1.29, 1.82) is 0 Å². The van der Waals surface area contributed by atoms with Gasteiger partial charge in [-0.1, -0.05) is 6.92 Å². The zero-order valence-corrected chi connectivity index (χ0v) is 11.4. The van der Waals surface area contributed by atoms with E-state index in [0.717, 1.165) is 6.42 Å². The molecule has 1 amide bonds. The van der Waals surface area contributed by atoms with Crippen molar-refractivity contribution < 1.29 is 14.3 Å². The Kier molecular flexibility index (Phi) is 3.25. The molecular weight excluding hydrogens is 274 g/mol. The number of carbonyl (C=O) groups is 2. The van der Waals surface area contributed by atoms with Crippen molar-refractivity contribution in [3.8, 4) is 0 Å². The molecule has 110 valence electrons. The first-order valence-corrected chi connectivity index (χ1v) is 6.71. The highest BCUT2D eigenvalue weighted by Gasteiger charge is 2.40. The van der Waals surface area contributed by atoms with Gasteiger partial charge in [-0.05, 0) is 30.5 Å². The molecule has 1 aromatic carbocycles. The van der Waals surface area contributed by atoms with Gasteiger partial charge in [0.2, 0.25) is 0 Å². The fourth-order valence-electron chi connectivity index (χ4n) is 2.20. The number of hydrogen-bond acceptors (Lipinski definition) is 4. The lowest BCUT2D eigenvalue weighted by Crippen LogP contribution is -2.21. The van der Waals surface area contributed by atoms with Gasteiger partial charge in [0.1, 0.15) is 0 Å². The molecule has 7 heteroatoms. The molecule has 1 aliphatic rings. The number of imidazole rings is 1. The van der Waals surface area contributed by atoms with Gasteiger partial charge in [-0.15, -0.1) is 0 Å². The minimum Gasteiger partial charge on any atom is -0.455 e. The molecule has 1 heterocycles. The van der Waals surface area contributed by atoms with E-state index in [1.165, 1.54) is 0 Å². The van der Waals surface area contributed by atoms with Gasteiger partial charge in [-0.3, -0.25) is 9.59 Å². The number of H-pyrrole nitrogens is 2. The van der Waals surface area contributed by atoms with E-state index in [1.807, 2.05) is 6.92 Å². The third kappa shape index (κ3) is 2.96. The van der Waals surface area contributed by atoms with Crippen LogP contribution in [0.25, 0.3) is 11.0 Å². The first-order valence-electron chi connectivity index (χ1n) is 6.71. The van der Waals surface area contributed by atoms with Gasteiger partial charge in [-0.2, -0.15) is 0 Å². The van der Waals surface area contributed by atoms with E-state index < -0.39 is 5.91 Å². The second-order valence-electron chi connectivity index (χ2n) is 5.31. The summed E-state index contributed by atoms with van der Waals surface area (Å²) >= 11 is 0. The number of fused-ring (bicyclic) bond motifs is 1. The van der Waals surface area contributed by atoms with Crippen LogP contribution < -0.4 is 11.0 Å². The molecule has 1 aliphatic carbocycles. The molecule has 0 saturated heterocycles. The summed E-state index contributed by atoms with van der Waals surface area (Å²) in [7, 11) is 0. The predicted molar refractivity (Wildman–Crippen MR) is 75.8 cm³/mol. The number of nitrogens with one attached hydrogen (secondary N) is 3. The summed E-state index contributed by atoms with van der Waals surface area (Å²) in [4.78, 5) is 39.6. The van der Waals surface area contributed by atoms with Crippen LogP contribution in [0.5, 0.6) is 0 Å². The van der Waals surface area contributed by atoms with Crippen LogP contribution in [0.15, 0.2) is 23.0 Å². The molecule has 7 nitrogen and oxygen atoms in total. The number of carbonyl (C=O) groups excluding carboxylic acids is 2. The number of anilines is 1. The summed E-state index contributed by atoms with van der Waals surface area (Å²) in [5.41, 5.74) is 1.48. The Labute approximate surface area is 119 Å².